The molecule has 0 radical (unpaired) electrons. The molecule has 1 heterocycles. The van der Waals surface area contributed by atoms with Gasteiger partial charge in [-0.25, -0.2) is 13.2 Å². The predicted molar refractivity (Wildman–Crippen MR) is 138 cm³/mol. The number of rotatable bonds is 6. The zero-order chi connectivity index (χ0) is 25.3. The van der Waals surface area contributed by atoms with Crippen LogP contribution in [0.3, 0.4) is 0 Å². The van der Waals surface area contributed by atoms with E-state index in [4.69, 9.17) is 0 Å². The zero-order valence-electron chi connectivity index (χ0n) is 20.5. The van der Waals surface area contributed by atoms with Crippen molar-refractivity contribution in [1.29, 1.82) is 0 Å². The molecular weight excluding hydrogens is 458 g/mol. The highest BCUT2D eigenvalue weighted by Crippen LogP contribution is 2.45. The van der Waals surface area contributed by atoms with E-state index in [-0.39, 0.29) is 16.9 Å². The first kappa shape index (κ1) is 24.9. The van der Waals surface area contributed by atoms with Crippen molar-refractivity contribution in [2.75, 3.05) is 0 Å². The van der Waals surface area contributed by atoms with E-state index in [1.807, 2.05) is 62.4 Å². The molecule has 0 amide bonds. The molecule has 3 aromatic rings. The molecule has 0 bridgehead atoms. The third-order valence-electron chi connectivity index (χ3n) is 6.64. The van der Waals surface area contributed by atoms with Crippen molar-refractivity contribution in [2.45, 2.75) is 57.0 Å². The topological polar surface area (TPSA) is 74.7 Å². The summed E-state index contributed by atoms with van der Waals surface area (Å²) < 4.78 is 29.8. The highest BCUT2D eigenvalue weighted by molar-refractivity contribution is 7.89. The molecule has 0 unspecified atom stereocenters. The minimum Gasteiger partial charge on any atom is -0.478 e. The number of carboxylic acids is 1. The molecular formula is C29H31NO4S. The Bertz CT molecular complexity index is 1340. The third-order valence-corrected chi connectivity index (χ3v) is 8.53. The number of carboxylic acid groups (broad SMARTS) is 1. The van der Waals surface area contributed by atoms with Crippen LogP contribution in [0.1, 0.15) is 66.1 Å². The Morgan fingerprint density at radius 1 is 0.857 bits per heavy atom. The van der Waals surface area contributed by atoms with Gasteiger partial charge in [0.05, 0.1) is 22.6 Å². The predicted octanol–water partition coefficient (Wildman–Crippen LogP) is 6.31. The second kappa shape index (κ2) is 9.80. The van der Waals surface area contributed by atoms with Gasteiger partial charge in [-0.05, 0) is 55.0 Å². The molecule has 1 N–H and O–H groups in total. The molecule has 2 atom stereocenters. The number of sulfonamides is 1. The largest absolute Gasteiger partial charge is 0.478 e. The maximum absolute atomic E-state index is 14.2. The Balaban J connectivity index is 1.94. The van der Waals surface area contributed by atoms with E-state index in [0.29, 0.717) is 11.5 Å². The molecule has 0 spiro atoms. The first-order chi connectivity index (χ1) is 16.6. The lowest BCUT2D eigenvalue weighted by molar-refractivity contribution is -0.133. The van der Waals surface area contributed by atoms with Gasteiger partial charge in [0.1, 0.15) is 0 Å². The average molecular weight is 490 g/mol. The number of benzene rings is 3. The zero-order valence-corrected chi connectivity index (χ0v) is 21.3. The van der Waals surface area contributed by atoms with E-state index in [0.717, 1.165) is 22.3 Å². The van der Waals surface area contributed by atoms with E-state index in [9.17, 15) is 18.3 Å². The summed E-state index contributed by atoms with van der Waals surface area (Å²) in [5.74, 6) is -0.769. The molecule has 0 saturated carbocycles. The Labute approximate surface area is 207 Å². The Morgan fingerprint density at radius 3 is 1.89 bits per heavy atom. The number of aryl methyl sites for hydroxylation is 2. The summed E-state index contributed by atoms with van der Waals surface area (Å²) >= 11 is 0. The molecule has 0 aromatic heterocycles. The van der Waals surface area contributed by atoms with Crippen molar-refractivity contribution in [3.63, 3.8) is 0 Å². The summed E-state index contributed by atoms with van der Waals surface area (Å²) in [6, 6.07) is 20.6. The fourth-order valence-electron chi connectivity index (χ4n) is 4.57. The maximum atomic E-state index is 14.2. The van der Waals surface area contributed by atoms with Crippen LogP contribution in [0, 0.1) is 13.8 Å². The maximum Gasteiger partial charge on any atom is 0.333 e. The first-order valence-electron chi connectivity index (χ1n) is 11.8. The number of hydrogen-bond acceptors (Lipinski definition) is 3. The van der Waals surface area contributed by atoms with Crippen LogP contribution in [0.4, 0.5) is 0 Å². The lowest BCUT2D eigenvalue weighted by atomic mass is 9.88. The van der Waals surface area contributed by atoms with Crippen LogP contribution < -0.4 is 0 Å². The van der Waals surface area contributed by atoms with Crippen molar-refractivity contribution in [3.05, 3.63) is 112 Å². The first-order valence-corrected chi connectivity index (χ1v) is 13.2. The normalized spacial score (nSPS) is 18.9. The van der Waals surface area contributed by atoms with Crippen molar-refractivity contribution in [1.82, 2.24) is 4.31 Å². The quantitative estimate of drug-likeness (QED) is 0.440. The van der Waals surface area contributed by atoms with Gasteiger partial charge in [-0.1, -0.05) is 91.7 Å². The highest BCUT2D eigenvalue weighted by atomic mass is 32.2. The molecule has 1 aliphatic heterocycles. The average Bonchev–Trinajstić information content (AvgIpc) is 2.84. The van der Waals surface area contributed by atoms with Crippen LogP contribution >= 0.6 is 0 Å². The minimum absolute atomic E-state index is 0.0691. The van der Waals surface area contributed by atoms with E-state index in [1.165, 1.54) is 4.31 Å². The van der Waals surface area contributed by atoms with Gasteiger partial charge in [-0.3, -0.25) is 0 Å². The van der Waals surface area contributed by atoms with E-state index >= 15 is 0 Å². The van der Waals surface area contributed by atoms with Crippen LogP contribution in [-0.4, -0.2) is 23.8 Å². The molecule has 6 heteroatoms. The van der Waals surface area contributed by atoms with Gasteiger partial charge in [0.15, 0.2) is 0 Å². The number of aliphatic carboxylic acids is 1. The molecule has 35 heavy (non-hydrogen) atoms. The van der Waals surface area contributed by atoms with Crippen molar-refractivity contribution in [2.24, 2.45) is 0 Å². The van der Waals surface area contributed by atoms with Gasteiger partial charge in [-0.2, -0.15) is 4.31 Å². The molecule has 4 rings (SSSR count). The number of hydrogen-bond donors (Lipinski definition) is 1. The second-order valence-electron chi connectivity index (χ2n) is 9.50. The van der Waals surface area contributed by atoms with E-state index in [2.05, 4.69) is 13.8 Å². The van der Waals surface area contributed by atoms with E-state index < -0.39 is 28.1 Å². The lowest BCUT2D eigenvalue weighted by Crippen LogP contribution is -2.42. The van der Waals surface area contributed by atoms with Gasteiger partial charge in [0.2, 0.25) is 10.0 Å². The van der Waals surface area contributed by atoms with Crippen molar-refractivity contribution < 1.29 is 18.3 Å². The molecule has 1 aliphatic rings. The molecule has 0 saturated heterocycles. The van der Waals surface area contributed by atoms with Gasteiger partial charge in [-0.15, -0.1) is 0 Å². The minimum atomic E-state index is -4.05. The Kier molecular flexibility index (Phi) is 6.97. The highest BCUT2D eigenvalue weighted by Gasteiger charge is 2.44. The fourth-order valence-corrected chi connectivity index (χ4v) is 6.35. The fraction of sp³-hybridized carbons (Fsp3) is 0.276. The molecule has 182 valence electrons. The monoisotopic (exact) mass is 489 g/mol. The summed E-state index contributed by atoms with van der Waals surface area (Å²) in [7, 11) is -4.05. The summed E-state index contributed by atoms with van der Waals surface area (Å²) in [5, 5.41) is 10.1. The third kappa shape index (κ3) is 4.95. The number of nitrogens with zero attached hydrogens (tertiary/aromatic N) is 1. The van der Waals surface area contributed by atoms with Crippen LogP contribution in [0.5, 0.6) is 0 Å². The van der Waals surface area contributed by atoms with Gasteiger partial charge < -0.3 is 5.11 Å². The molecule has 5 nitrogen and oxygen atoms in total. The van der Waals surface area contributed by atoms with Crippen molar-refractivity contribution in [3.8, 4) is 0 Å². The Hall–Kier alpha value is -3.22. The van der Waals surface area contributed by atoms with Crippen LogP contribution in [0.15, 0.2) is 89.3 Å². The van der Waals surface area contributed by atoms with Gasteiger partial charge >= 0.3 is 5.97 Å². The summed E-state index contributed by atoms with van der Waals surface area (Å²) in [6.45, 7) is 8.06. The van der Waals surface area contributed by atoms with Gasteiger partial charge in [0.25, 0.3) is 0 Å². The smallest absolute Gasteiger partial charge is 0.333 e. The summed E-state index contributed by atoms with van der Waals surface area (Å²) in [4.78, 5) is 12.5. The van der Waals surface area contributed by atoms with Crippen molar-refractivity contribution >= 4 is 16.0 Å². The standard InChI is InChI=1S/C29H31NO4S/c1-19(2)22-11-13-23(14-12-22)27-18-17-26(29(31)32)28(24-9-5-20(3)6-10-24)30(27)35(33,34)25-15-7-21(4)8-16-25/h5-17,19,27-28H,18H2,1-4H3,(H,31,32)/t27-,28-/m0/s1. The van der Waals surface area contributed by atoms with Crippen LogP contribution in [0.2, 0.25) is 0 Å². The molecule has 0 aliphatic carbocycles. The SMILES string of the molecule is Cc1ccc([C@H]2C(C(=O)O)=CC[C@@H](c3ccc(C(C)C)cc3)N2S(=O)(=O)c2ccc(C)cc2)cc1. The van der Waals surface area contributed by atoms with Crippen LogP contribution in [-0.2, 0) is 14.8 Å². The summed E-state index contributed by atoms with van der Waals surface area (Å²) in [6.07, 6.45) is 1.95. The second-order valence-corrected chi connectivity index (χ2v) is 11.3. The molecule has 0 fully saturated rings. The molecule has 3 aromatic carbocycles. The lowest BCUT2D eigenvalue weighted by Gasteiger charge is -2.40. The number of carbonyl (C=O) groups is 1. The Morgan fingerprint density at radius 2 is 1.37 bits per heavy atom. The van der Waals surface area contributed by atoms with E-state index in [1.54, 1.807) is 30.3 Å². The van der Waals surface area contributed by atoms with Crippen LogP contribution in [0.25, 0.3) is 0 Å². The summed E-state index contributed by atoms with van der Waals surface area (Å²) in [5.41, 5.74) is 4.66. The van der Waals surface area contributed by atoms with Gasteiger partial charge in [0, 0.05) is 0 Å².